The maximum absolute atomic E-state index is 14.0. The third-order valence-corrected chi connectivity index (χ3v) is 9.44. The minimum Gasteiger partial charge on any atom is -0.492 e. The van der Waals surface area contributed by atoms with Crippen molar-refractivity contribution in [1.29, 1.82) is 0 Å². The zero-order valence-electron chi connectivity index (χ0n) is 24.6. The summed E-state index contributed by atoms with van der Waals surface area (Å²) >= 11 is 6.24. The van der Waals surface area contributed by atoms with Crippen LogP contribution in [0.2, 0.25) is 5.02 Å². The molecule has 9 heteroatoms. The highest BCUT2D eigenvalue weighted by atomic mass is 35.5. The fourth-order valence-electron chi connectivity index (χ4n) is 6.40. The van der Waals surface area contributed by atoms with E-state index in [0.717, 1.165) is 42.6 Å². The summed E-state index contributed by atoms with van der Waals surface area (Å²) in [6, 6.07) is 14.1. The van der Waals surface area contributed by atoms with Crippen LogP contribution in [0.15, 0.2) is 48.5 Å². The van der Waals surface area contributed by atoms with Crippen molar-refractivity contribution in [2.45, 2.75) is 82.3 Å². The predicted octanol–water partition coefficient (Wildman–Crippen LogP) is 4.11. The Bertz CT molecular complexity index is 1280. The highest BCUT2D eigenvalue weighted by Gasteiger charge is 2.45. The normalized spacial score (nSPS) is 27.3. The van der Waals surface area contributed by atoms with Gasteiger partial charge in [0.2, 0.25) is 17.7 Å². The van der Waals surface area contributed by atoms with Gasteiger partial charge in [-0.25, -0.2) is 0 Å². The molecule has 5 atom stereocenters. The van der Waals surface area contributed by atoms with Crippen LogP contribution < -0.4 is 26.0 Å². The van der Waals surface area contributed by atoms with Gasteiger partial charge in [-0.2, -0.15) is 0 Å². The van der Waals surface area contributed by atoms with E-state index in [9.17, 15) is 14.4 Å². The van der Waals surface area contributed by atoms with E-state index in [-0.39, 0.29) is 23.6 Å². The largest absolute Gasteiger partial charge is 0.492 e. The third kappa shape index (κ3) is 7.09. The summed E-state index contributed by atoms with van der Waals surface area (Å²) in [5, 5.41) is 13.3. The second-order valence-corrected chi connectivity index (χ2v) is 12.6. The van der Waals surface area contributed by atoms with Crippen molar-refractivity contribution in [3.05, 3.63) is 64.7 Å². The molecule has 0 aromatic heterocycles. The fourth-order valence-corrected chi connectivity index (χ4v) is 6.61. The van der Waals surface area contributed by atoms with Crippen LogP contribution >= 0.6 is 11.6 Å². The average Bonchev–Trinajstić information content (AvgIpc) is 3.60. The number of halogens is 1. The summed E-state index contributed by atoms with van der Waals surface area (Å²) in [7, 11) is 0. The molecule has 1 unspecified atom stereocenters. The molecule has 2 fully saturated rings. The number of hydrogen-bond acceptors (Lipinski definition) is 5. The van der Waals surface area contributed by atoms with Crippen molar-refractivity contribution < 1.29 is 19.1 Å². The number of benzene rings is 2. The molecule has 226 valence electrons. The second kappa shape index (κ2) is 13.5. The number of carbonyl (C=O) groups is 3. The zero-order valence-corrected chi connectivity index (χ0v) is 25.3. The minimum atomic E-state index is -1.06. The molecule has 3 amide bonds. The van der Waals surface area contributed by atoms with Crippen molar-refractivity contribution in [1.82, 2.24) is 21.3 Å². The van der Waals surface area contributed by atoms with Gasteiger partial charge in [-0.3, -0.25) is 14.4 Å². The van der Waals surface area contributed by atoms with E-state index in [0.29, 0.717) is 55.8 Å². The Morgan fingerprint density at radius 1 is 1.05 bits per heavy atom. The van der Waals surface area contributed by atoms with Gasteiger partial charge in [0.1, 0.15) is 23.9 Å². The van der Waals surface area contributed by atoms with Crippen molar-refractivity contribution in [2.24, 2.45) is 11.8 Å². The number of nitrogens with one attached hydrogen (secondary N) is 4. The van der Waals surface area contributed by atoms with Crippen LogP contribution in [0.1, 0.15) is 69.4 Å². The molecule has 4 N–H and O–H groups in total. The molecule has 0 radical (unpaired) electrons. The summed E-state index contributed by atoms with van der Waals surface area (Å²) in [5.41, 5.74) is 0.937. The number of fused-ring (bicyclic) bond motifs is 3. The summed E-state index contributed by atoms with van der Waals surface area (Å²) in [5.74, 6) is 0.764. The predicted molar refractivity (Wildman–Crippen MR) is 163 cm³/mol. The molecular formula is C33H43ClN4O4. The number of para-hydroxylation sites is 1. The number of carbonyl (C=O) groups excluding carboxylic acids is 3. The Kier molecular flexibility index (Phi) is 9.74. The molecule has 1 heterocycles. The van der Waals surface area contributed by atoms with Crippen LogP contribution in [-0.2, 0) is 20.8 Å². The lowest BCUT2D eigenvalue weighted by Gasteiger charge is -2.34. The van der Waals surface area contributed by atoms with Crippen LogP contribution in [0, 0.1) is 11.8 Å². The highest BCUT2D eigenvalue weighted by Crippen LogP contribution is 2.50. The summed E-state index contributed by atoms with van der Waals surface area (Å²) in [6.07, 6.45) is 4.79. The lowest BCUT2D eigenvalue weighted by Crippen LogP contribution is -2.64. The first-order chi connectivity index (χ1) is 20.3. The quantitative estimate of drug-likeness (QED) is 0.426. The highest BCUT2D eigenvalue weighted by molar-refractivity contribution is 6.30. The van der Waals surface area contributed by atoms with Crippen LogP contribution in [0.5, 0.6) is 5.75 Å². The molecule has 8 nitrogen and oxygen atoms in total. The van der Waals surface area contributed by atoms with Crippen LogP contribution in [0.4, 0.5) is 0 Å². The van der Waals surface area contributed by atoms with E-state index >= 15 is 0 Å². The first-order valence-electron chi connectivity index (χ1n) is 15.4. The van der Waals surface area contributed by atoms with Gasteiger partial charge in [0, 0.05) is 24.5 Å². The molecule has 3 aliphatic rings. The average molecular weight is 595 g/mol. The molecule has 0 bridgehead atoms. The van der Waals surface area contributed by atoms with E-state index in [2.05, 4.69) is 34.3 Å². The molecule has 2 aliphatic carbocycles. The van der Waals surface area contributed by atoms with Gasteiger partial charge >= 0.3 is 0 Å². The smallest absolute Gasteiger partial charge is 0.246 e. The summed E-state index contributed by atoms with van der Waals surface area (Å²) < 4.78 is 6.20. The Hall–Kier alpha value is -3.10. The molecule has 42 heavy (non-hydrogen) atoms. The fraction of sp³-hybridized carbons (Fsp3) is 0.545. The van der Waals surface area contributed by atoms with E-state index in [1.165, 1.54) is 0 Å². The van der Waals surface area contributed by atoms with Gasteiger partial charge < -0.3 is 26.0 Å². The Balaban J connectivity index is 1.43. The van der Waals surface area contributed by atoms with Crippen molar-refractivity contribution >= 4 is 29.3 Å². The third-order valence-electron chi connectivity index (χ3n) is 9.20. The van der Waals surface area contributed by atoms with Gasteiger partial charge in [0.15, 0.2) is 0 Å². The first kappa shape index (κ1) is 30.4. The Morgan fingerprint density at radius 3 is 2.60 bits per heavy atom. The van der Waals surface area contributed by atoms with E-state index in [1.54, 1.807) is 6.07 Å². The minimum absolute atomic E-state index is 0.0537. The van der Waals surface area contributed by atoms with E-state index in [1.807, 2.05) is 43.3 Å². The molecule has 2 saturated carbocycles. The second-order valence-electron chi connectivity index (χ2n) is 12.2. The van der Waals surface area contributed by atoms with Crippen molar-refractivity contribution in [3.8, 4) is 5.75 Å². The molecule has 2 aromatic rings. The van der Waals surface area contributed by atoms with Crippen LogP contribution in [-0.4, -0.2) is 55.0 Å². The Morgan fingerprint density at radius 2 is 1.83 bits per heavy atom. The topological polar surface area (TPSA) is 109 Å². The maximum Gasteiger partial charge on any atom is 0.246 e. The number of ether oxygens (including phenoxy) is 1. The monoisotopic (exact) mass is 594 g/mol. The molecule has 0 saturated heterocycles. The van der Waals surface area contributed by atoms with Gasteiger partial charge in [-0.1, -0.05) is 75.0 Å². The standard InChI is InChI=1S/C33H43ClN4O4/c1-3-21(2)29-31(40)38-33(13-6-7-14-33)32(41)37-27(18-22-9-8-10-24(34)17-22)30(39)36-20-23-19-26(23)25-11-4-5-12-28(25)42-16-15-35-29/h4-5,8-12,17,21,23,26-27,29,35H,3,6-7,13-16,18-20H2,1-2H3,(H,36,39)(H,37,41)(H,38,40)/t21?,23-,26+,27+,29-/m1/s1. The zero-order chi connectivity index (χ0) is 29.7. The van der Waals surface area contributed by atoms with Crippen molar-refractivity contribution in [3.63, 3.8) is 0 Å². The molecular weight excluding hydrogens is 552 g/mol. The first-order valence-corrected chi connectivity index (χ1v) is 15.8. The van der Waals surface area contributed by atoms with E-state index < -0.39 is 17.6 Å². The SMILES string of the molecule is CCC(C)[C@H]1NCCOc2ccccc2[C@H]2C[C@@H]2CNC(=O)[C@H](Cc2cccc(Cl)c2)NC(=O)C2(CCCC2)NC1=O. The van der Waals surface area contributed by atoms with Crippen molar-refractivity contribution in [2.75, 3.05) is 19.7 Å². The summed E-state index contributed by atoms with van der Waals surface area (Å²) in [4.78, 5) is 41.3. The van der Waals surface area contributed by atoms with E-state index in [4.69, 9.17) is 16.3 Å². The van der Waals surface area contributed by atoms with Gasteiger partial charge in [-0.15, -0.1) is 0 Å². The maximum atomic E-state index is 14.0. The Labute approximate surface area is 253 Å². The molecule has 1 spiro atoms. The number of amides is 3. The summed E-state index contributed by atoms with van der Waals surface area (Å²) in [6.45, 7) is 5.53. The molecule has 5 rings (SSSR count). The van der Waals surface area contributed by atoms with Crippen LogP contribution in [0.25, 0.3) is 0 Å². The van der Waals surface area contributed by atoms with Gasteiger partial charge in [0.05, 0.1) is 6.04 Å². The molecule has 2 aromatic carbocycles. The molecule has 1 aliphatic heterocycles. The lowest BCUT2D eigenvalue weighted by atomic mass is 9.92. The van der Waals surface area contributed by atoms with Crippen LogP contribution in [0.3, 0.4) is 0 Å². The number of rotatable bonds is 4. The van der Waals surface area contributed by atoms with Gasteiger partial charge in [-0.05, 0) is 66.3 Å². The van der Waals surface area contributed by atoms with Gasteiger partial charge in [0.25, 0.3) is 0 Å². The lowest BCUT2D eigenvalue weighted by molar-refractivity contribution is -0.137. The number of hydrogen-bond donors (Lipinski definition) is 4.